The second-order valence-electron chi connectivity index (χ2n) is 5.79. The molecule has 0 aliphatic carbocycles. The predicted molar refractivity (Wildman–Crippen MR) is 93.5 cm³/mol. The van der Waals surface area contributed by atoms with Crippen LogP contribution < -0.4 is 0 Å². The van der Waals surface area contributed by atoms with Crippen molar-refractivity contribution in [3.63, 3.8) is 0 Å². The molecule has 1 fully saturated rings. The van der Waals surface area contributed by atoms with Gasteiger partial charge in [-0.15, -0.1) is 0 Å². The van der Waals surface area contributed by atoms with E-state index in [1.807, 2.05) is 61.9 Å². The topological polar surface area (TPSA) is 42.3 Å². The Balaban J connectivity index is 1.98. The summed E-state index contributed by atoms with van der Waals surface area (Å²) in [6.07, 6.45) is 3.74. The van der Waals surface area contributed by atoms with Crippen molar-refractivity contribution in [2.24, 2.45) is 0 Å². The molecule has 0 bridgehead atoms. The Bertz CT molecular complexity index is 805. The Morgan fingerprint density at radius 1 is 1.13 bits per heavy atom. The molecule has 2 amide bonds. The lowest BCUT2D eigenvalue weighted by Gasteiger charge is -2.16. The summed E-state index contributed by atoms with van der Waals surface area (Å²) < 4.78 is 2.01. The van der Waals surface area contributed by atoms with Gasteiger partial charge in [-0.2, -0.15) is 0 Å². The summed E-state index contributed by atoms with van der Waals surface area (Å²) in [5.41, 5.74) is 3.08. The van der Waals surface area contributed by atoms with E-state index in [9.17, 15) is 9.59 Å². The number of nitrogens with zero attached hydrogens (tertiary/aromatic N) is 2. The van der Waals surface area contributed by atoms with Gasteiger partial charge in [0.25, 0.3) is 11.1 Å². The first-order valence-electron chi connectivity index (χ1n) is 7.49. The number of hydrogen-bond donors (Lipinski definition) is 0. The smallest absolute Gasteiger partial charge is 0.293 e. The fourth-order valence-corrected chi connectivity index (χ4v) is 3.53. The molecule has 2 heterocycles. The summed E-state index contributed by atoms with van der Waals surface area (Å²) in [5.74, 6) is -0.216. The number of hydrogen-bond acceptors (Lipinski definition) is 3. The number of carbonyl (C=O) groups is 2. The molecule has 0 saturated carbocycles. The van der Waals surface area contributed by atoms with Crippen LogP contribution in [0.3, 0.4) is 0 Å². The van der Waals surface area contributed by atoms with Crippen LogP contribution in [0.4, 0.5) is 4.79 Å². The quantitative estimate of drug-likeness (QED) is 0.793. The number of aromatic nitrogens is 1. The van der Waals surface area contributed by atoms with Gasteiger partial charge in [0.2, 0.25) is 0 Å². The van der Waals surface area contributed by atoms with Crippen LogP contribution in [0.2, 0.25) is 0 Å². The minimum Gasteiger partial charge on any atom is -0.317 e. The number of rotatable bonds is 3. The fourth-order valence-electron chi connectivity index (χ4n) is 2.58. The van der Waals surface area contributed by atoms with E-state index >= 15 is 0 Å². The van der Waals surface area contributed by atoms with Gasteiger partial charge in [-0.3, -0.25) is 14.5 Å². The molecule has 1 aliphatic heterocycles. The molecule has 1 aliphatic rings. The number of amides is 2. The number of carbonyl (C=O) groups excluding carboxylic acids is 2. The Morgan fingerprint density at radius 3 is 2.57 bits per heavy atom. The fraction of sp³-hybridized carbons (Fsp3) is 0.222. The summed E-state index contributed by atoms with van der Waals surface area (Å²) >= 11 is 1.00. The molecule has 1 aromatic heterocycles. The van der Waals surface area contributed by atoms with Crippen LogP contribution in [-0.2, 0) is 4.79 Å². The standard InChI is InChI=1S/C18H18N2O2S/c1-12(2)20-17(21)16(23-18(20)22)11-15-8-5-9-19(15)14-7-4-6-13(3)10-14/h4-12H,1-3H3/b16-11-. The summed E-state index contributed by atoms with van der Waals surface area (Å²) in [4.78, 5) is 26.1. The van der Waals surface area contributed by atoms with Gasteiger partial charge in [-0.25, -0.2) is 0 Å². The SMILES string of the molecule is Cc1cccc(-n2cccc2/C=C2\SC(=O)N(C(C)C)C2=O)c1. The van der Waals surface area contributed by atoms with E-state index in [0.717, 1.165) is 23.1 Å². The minimum atomic E-state index is -0.216. The highest BCUT2D eigenvalue weighted by Crippen LogP contribution is 2.33. The molecule has 118 valence electrons. The van der Waals surface area contributed by atoms with Crippen LogP contribution in [0.1, 0.15) is 25.1 Å². The zero-order valence-electron chi connectivity index (χ0n) is 13.3. The number of aryl methyl sites for hydroxylation is 1. The molecule has 0 spiro atoms. The molecule has 4 nitrogen and oxygen atoms in total. The van der Waals surface area contributed by atoms with E-state index in [4.69, 9.17) is 0 Å². The second kappa shape index (κ2) is 6.08. The highest BCUT2D eigenvalue weighted by atomic mass is 32.2. The average molecular weight is 326 g/mol. The maximum atomic E-state index is 12.4. The summed E-state index contributed by atoms with van der Waals surface area (Å²) in [5, 5.41) is -0.204. The molecule has 23 heavy (non-hydrogen) atoms. The predicted octanol–water partition coefficient (Wildman–Crippen LogP) is 4.23. The van der Waals surface area contributed by atoms with Crippen LogP contribution in [0.15, 0.2) is 47.5 Å². The first-order valence-corrected chi connectivity index (χ1v) is 8.30. The molecule has 2 aromatic rings. The van der Waals surface area contributed by atoms with Gasteiger partial charge < -0.3 is 4.57 Å². The zero-order valence-corrected chi connectivity index (χ0v) is 14.1. The first kappa shape index (κ1) is 15.6. The van der Waals surface area contributed by atoms with E-state index in [1.54, 1.807) is 6.08 Å². The van der Waals surface area contributed by atoms with Crippen molar-refractivity contribution < 1.29 is 9.59 Å². The monoisotopic (exact) mass is 326 g/mol. The average Bonchev–Trinajstić information content (AvgIpc) is 3.04. The van der Waals surface area contributed by atoms with Crippen molar-refractivity contribution >= 4 is 29.0 Å². The van der Waals surface area contributed by atoms with Crippen molar-refractivity contribution in [3.8, 4) is 5.69 Å². The van der Waals surface area contributed by atoms with Crippen molar-refractivity contribution in [3.05, 3.63) is 58.8 Å². The third-order valence-corrected chi connectivity index (χ3v) is 4.56. The zero-order chi connectivity index (χ0) is 16.6. The number of thioether (sulfide) groups is 1. The summed E-state index contributed by atoms with van der Waals surface area (Å²) in [6, 6.07) is 11.9. The van der Waals surface area contributed by atoms with Crippen molar-refractivity contribution in [2.45, 2.75) is 26.8 Å². The Morgan fingerprint density at radius 2 is 1.91 bits per heavy atom. The van der Waals surface area contributed by atoms with Gasteiger partial charge >= 0.3 is 0 Å². The Kier molecular flexibility index (Phi) is 4.13. The van der Waals surface area contributed by atoms with Crippen LogP contribution in [0.5, 0.6) is 0 Å². The highest BCUT2D eigenvalue weighted by Gasteiger charge is 2.36. The van der Waals surface area contributed by atoms with Gasteiger partial charge in [0.05, 0.1) is 4.91 Å². The number of imide groups is 1. The van der Waals surface area contributed by atoms with E-state index in [0.29, 0.717) is 4.91 Å². The van der Waals surface area contributed by atoms with Crippen molar-refractivity contribution in [1.82, 2.24) is 9.47 Å². The maximum absolute atomic E-state index is 12.4. The van der Waals surface area contributed by atoms with Crippen molar-refractivity contribution in [2.75, 3.05) is 0 Å². The Hall–Kier alpha value is -2.27. The maximum Gasteiger partial charge on any atom is 0.293 e. The lowest BCUT2D eigenvalue weighted by Crippen LogP contribution is -2.34. The third kappa shape index (κ3) is 2.97. The molecule has 0 atom stereocenters. The van der Waals surface area contributed by atoms with Crippen LogP contribution in [-0.4, -0.2) is 26.7 Å². The molecule has 0 radical (unpaired) electrons. The molecule has 1 aromatic carbocycles. The molecule has 0 unspecified atom stereocenters. The summed E-state index contributed by atoms with van der Waals surface area (Å²) in [7, 11) is 0. The molecule has 0 N–H and O–H groups in total. The lowest BCUT2D eigenvalue weighted by molar-refractivity contribution is -0.123. The lowest BCUT2D eigenvalue weighted by atomic mass is 10.2. The van der Waals surface area contributed by atoms with E-state index in [2.05, 4.69) is 6.07 Å². The molecular formula is C18H18N2O2S. The minimum absolute atomic E-state index is 0.128. The van der Waals surface area contributed by atoms with E-state index in [-0.39, 0.29) is 17.2 Å². The summed E-state index contributed by atoms with van der Waals surface area (Å²) in [6.45, 7) is 5.73. The number of benzene rings is 1. The van der Waals surface area contributed by atoms with Gasteiger partial charge in [-0.05, 0) is 68.4 Å². The highest BCUT2D eigenvalue weighted by molar-refractivity contribution is 8.18. The first-order chi connectivity index (χ1) is 11.0. The largest absolute Gasteiger partial charge is 0.317 e. The molecule has 5 heteroatoms. The molecule has 1 saturated heterocycles. The van der Waals surface area contributed by atoms with Gasteiger partial charge in [0, 0.05) is 23.6 Å². The van der Waals surface area contributed by atoms with Crippen LogP contribution in [0, 0.1) is 6.92 Å². The molecular weight excluding hydrogens is 308 g/mol. The van der Waals surface area contributed by atoms with Gasteiger partial charge in [0.1, 0.15) is 0 Å². The second-order valence-corrected chi connectivity index (χ2v) is 6.78. The van der Waals surface area contributed by atoms with Crippen molar-refractivity contribution in [1.29, 1.82) is 0 Å². The molecule has 3 rings (SSSR count). The van der Waals surface area contributed by atoms with E-state index < -0.39 is 0 Å². The van der Waals surface area contributed by atoms with Gasteiger partial charge in [-0.1, -0.05) is 12.1 Å². The Labute approximate surface area is 139 Å². The normalized spacial score (nSPS) is 16.9. The van der Waals surface area contributed by atoms with Gasteiger partial charge in [0.15, 0.2) is 0 Å². The third-order valence-electron chi connectivity index (χ3n) is 3.68. The van der Waals surface area contributed by atoms with E-state index in [1.165, 1.54) is 10.5 Å². The van der Waals surface area contributed by atoms with Crippen LogP contribution >= 0.6 is 11.8 Å². The van der Waals surface area contributed by atoms with Crippen LogP contribution in [0.25, 0.3) is 11.8 Å².